The second kappa shape index (κ2) is 8.12. The second-order valence-corrected chi connectivity index (χ2v) is 7.77. The summed E-state index contributed by atoms with van der Waals surface area (Å²) in [6.45, 7) is 4.89. The minimum absolute atomic E-state index is 0.0413. The van der Waals surface area contributed by atoms with E-state index in [2.05, 4.69) is 10.3 Å². The lowest BCUT2D eigenvalue weighted by Crippen LogP contribution is -2.43. The van der Waals surface area contributed by atoms with Crippen LogP contribution in [0.1, 0.15) is 26.7 Å². The molecule has 0 saturated carbocycles. The van der Waals surface area contributed by atoms with Gasteiger partial charge in [-0.2, -0.15) is 0 Å². The lowest BCUT2D eigenvalue weighted by Gasteiger charge is -2.32. The summed E-state index contributed by atoms with van der Waals surface area (Å²) in [6.07, 6.45) is 1.23. The molecule has 27 heavy (non-hydrogen) atoms. The van der Waals surface area contributed by atoms with Gasteiger partial charge in [-0.25, -0.2) is 13.8 Å². The number of hydrogen-bond acceptors (Lipinski definition) is 4. The number of nitrogens with zero attached hydrogens (tertiary/aromatic N) is 2. The number of thiazole rings is 1. The number of carbonyl (C=O) groups is 2. The normalized spacial score (nSPS) is 15.2. The number of anilines is 1. The van der Waals surface area contributed by atoms with Crippen LogP contribution in [0.3, 0.4) is 0 Å². The van der Waals surface area contributed by atoms with E-state index in [-0.39, 0.29) is 23.7 Å². The van der Waals surface area contributed by atoms with Crippen LogP contribution in [0.2, 0.25) is 0 Å². The molecule has 144 valence electrons. The van der Waals surface area contributed by atoms with Crippen LogP contribution in [0.25, 0.3) is 11.3 Å². The molecule has 2 heterocycles. The van der Waals surface area contributed by atoms with Crippen LogP contribution in [-0.4, -0.2) is 34.8 Å². The third-order valence-corrected chi connectivity index (χ3v) is 5.38. The SMILES string of the molecule is CC(C)C(=O)N1CCC(C(=O)Nc2nc(-c3ccc(F)c(F)c3)cs2)CC1. The van der Waals surface area contributed by atoms with E-state index in [9.17, 15) is 18.4 Å². The molecule has 2 aromatic rings. The summed E-state index contributed by atoms with van der Waals surface area (Å²) in [5.74, 6) is -2.07. The average molecular weight is 393 g/mol. The van der Waals surface area contributed by atoms with E-state index in [0.29, 0.717) is 42.3 Å². The van der Waals surface area contributed by atoms with Gasteiger partial charge in [0.15, 0.2) is 16.8 Å². The van der Waals surface area contributed by atoms with Gasteiger partial charge in [0.2, 0.25) is 11.8 Å². The van der Waals surface area contributed by atoms with E-state index in [1.54, 1.807) is 10.3 Å². The van der Waals surface area contributed by atoms with Crippen LogP contribution in [0.4, 0.5) is 13.9 Å². The number of rotatable bonds is 4. The van der Waals surface area contributed by atoms with Gasteiger partial charge in [0.25, 0.3) is 0 Å². The lowest BCUT2D eigenvalue weighted by atomic mass is 9.95. The lowest BCUT2D eigenvalue weighted by molar-refractivity contribution is -0.137. The molecule has 0 radical (unpaired) electrons. The first-order valence-corrected chi connectivity index (χ1v) is 9.73. The van der Waals surface area contributed by atoms with Gasteiger partial charge in [-0.15, -0.1) is 11.3 Å². The van der Waals surface area contributed by atoms with Crippen molar-refractivity contribution in [3.63, 3.8) is 0 Å². The Balaban J connectivity index is 1.58. The summed E-state index contributed by atoms with van der Waals surface area (Å²) in [6, 6.07) is 3.58. The van der Waals surface area contributed by atoms with E-state index >= 15 is 0 Å². The Morgan fingerprint density at radius 2 is 1.93 bits per heavy atom. The third-order valence-electron chi connectivity index (χ3n) is 4.62. The van der Waals surface area contributed by atoms with Gasteiger partial charge in [0, 0.05) is 35.9 Å². The van der Waals surface area contributed by atoms with Gasteiger partial charge in [-0.3, -0.25) is 9.59 Å². The number of halogens is 2. The average Bonchev–Trinajstić information content (AvgIpc) is 3.11. The Morgan fingerprint density at radius 1 is 1.22 bits per heavy atom. The highest BCUT2D eigenvalue weighted by molar-refractivity contribution is 7.14. The van der Waals surface area contributed by atoms with E-state index in [1.807, 2.05) is 13.8 Å². The number of nitrogens with one attached hydrogen (secondary N) is 1. The Kier molecular flexibility index (Phi) is 5.84. The minimum Gasteiger partial charge on any atom is -0.342 e. The van der Waals surface area contributed by atoms with E-state index in [0.717, 1.165) is 12.1 Å². The van der Waals surface area contributed by atoms with Gasteiger partial charge in [0.05, 0.1) is 5.69 Å². The summed E-state index contributed by atoms with van der Waals surface area (Å²) in [5, 5.41) is 4.90. The van der Waals surface area contributed by atoms with Crippen molar-refractivity contribution in [1.82, 2.24) is 9.88 Å². The molecular weight excluding hydrogens is 372 g/mol. The fraction of sp³-hybridized carbons (Fsp3) is 0.421. The van der Waals surface area contributed by atoms with Crippen LogP contribution in [0, 0.1) is 23.5 Å². The number of benzene rings is 1. The van der Waals surface area contributed by atoms with Crippen molar-refractivity contribution < 1.29 is 18.4 Å². The maximum atomic E-state index is 13.4. The molecule has 5 nitrogen and oxygen atoms in total. The van der Waals surface area contributed by atoms with Crippen LogP contribution in [0.5, 0.6) is 0 Å². The quantitative estimate of drug-likeness (QED) is 0.856. The van der Waals surface area contributed by atoms with Gasteiger partial charge in [-0.05, 0) is 31.0 Å². The minimum atomic E-state index is -0.936. The van der Waals surface area contributed by atoms with Crippen LogP contribution >= 0.6 is 11.3 Å². The van der Waals surface area contributed by atoms with Crippen molar-refractivity contribution >= 4 is 28.3 Å². The van der Waals surface area contributed by atoms with Gasteiger partial charge in [-0.1, -0.05) is 13.8 Å². The summed E-state index contributed by atoms with van der Waals surface area (Å²) < 4.78 is 26.4. The predicted octanol–water partition coefficient (Wildman–Crippen LogP) is 3.92. The van der Waals surface area contributed by atoms with Crippen LogP contribution < -0.4 is 5.32 Å². The van der Waals surface area contributed by atoms with Crippen molar-refractivity contribution in [1.29, 1.82) is 0 Å². The van der Waals surface area contributed by atoms with Crippen molar-refractivity contribution in [3.8, 4) is 11.3 Å². The highest BCUT2D eigenvalue weighted by Crippen LogP contribution is 2.27. The first kappa shape index (κ1) is 19.4. The Bertz CT molecular complexity index is 845. The maximum absolute atomic E-state index is 13.4. The molecule has 0 atom stereocenters. The molecule has 1 saturated heterocycles. The van der Waals surface area contributed by atoms with Gasteiger partial charge in [0.1, 0.15) is 0 Å². The number of carbonyl (C=O) groups excluding carboxylic acids is 2. The molecule has 1 aliphatic heterocycles. The van der Waals surface area contributed by atoms with E-state index in [4.69, 9.17) is 0 Å². The van der Waals surface area contributed by atoms with Crippen molar-refractivity contribution in [2.75, 3.05) is 18.4 Å². The van der Waals surface area contributed by atoms with Crippen molar-refractivity contribution in [3.05, 3.63) is 35.2 Å². The first-order chi connectivity index (χ1) is 12.8. The summed E-state index contributed by atoms with van der Waals surface area (Å²) in [5.41, 5.74) is 0.928. The first-order valence-electron chi connectivity index (χ1n) is 8.85. The second-order valence-electron chi connectivity index (χ2n) is 6.91. The highest BCUT2D eigenvalue weighted by Gasteiger charge is 2.28. The molecular formula is C19H21F2N3O2S. The van der Waals surface area contributed by atoms with Gasteiger partial charge < -0.3 is 10.2 Å². The molecule has 1 aromatic carbocycles. The summed E-state index contributed by atoms with van der Waals surface area (Å²) >= 11 is 1.23. The number of aromatic nitrogens is 1. The molecule has 0 unspecified atom stereocenters. The number of hydrogen-bond donors (Lipinski definition) is 1. The zero-order valence-corrected chi connectivity index (χ0v) is 16.0. The Labute approximate surface area is 160 Å². The molecule has 1 fully saturated rings. The highest BCUT2D eigenvalue weighted by atomic mass is 32.1. The summed E-state index contributed by atoms with van der Waals surface area (Å²) in [4.78, 5) is 30.6. The summed E-state index contributed by atoms with van der Waals surface area (Å²) in [7, 11) is 0. The number of piperidine rings is 1. The molecule has 3 rings (SSSR count). The smallest absolute Gasteiger partial charge is 0.229 e. The van der Waals surface area contributed by atoms with Crippen LogP contribution in [0.15, 0.2) is 23.6 Å². The van der Waals surface area contributed by atoms with Crippen molar-refractivity contribution in [2.45, 2.75) is 26.7 Å². The predicted molar refractivity (Wildman–Crippen MR) is 100 cm³/mol. The fourth-order valence-electron chi connectivity index (χ4n) is 3.05. The third kappa shape index (κ3) is 4.50. The number of likely N-dealkylation sites (tertiary alicyclic amines) is 1. The van der Waals surface area contributed by atoms with Crippen molar-refractivity contribution in [2.24, 2.45) is 11.8 Å². The molecule has 0 aliphatic carbocycles. The van der Waals surface area contributed by atoms with E-state index in [1.165, 1.54) is 17.4 Å². The maximum Gasteiger partial charge on any atom is 0.229 e. The molecule has 1 N–H and O–H groups in total. The molecule has 8 heteroatoms. The van der Waals surface area contributed by atoms with Gasteiger partial charge >= 0.3 is 0 Å². The molecule has 2 amide bonds. The largest absolute Gasteiger partial charge is 0.342 e. The zero-order valence-electron chi connectivity index (χ0n) is 15.2. The molecule has 0 bridgehead atoms. The molecule has 1 aromatic heterocycles. The molecule has 0 spiro atoms. The topological polar surface area (TPSA) is 62.3 Å². The molecule has 1 aliphatic rings. The Hall–Kier alpha value is -2.35. The Morgan fingerprint density at radius 3 is 2.56 bits per heavy atom. The zero-order chi connectivity index (χ0) is 19.6. The van der Waals surface area contributed by atoms with Crippen LogP contribution in [-0.2, 0) is 9.59 Å². The number of amides is 2. The monoisotopic (exact) mass is 393 g/mol. The standard InChI is InChI=1S/C19H21F2N3O2S/c1-11(2)18(26)24-7-5-12(6-8-24)17(25)23-19-22-16(10-27-19)13-3-4-14(20)15(21)9-13/h3-4,9-12H,5-8H2,1-2H3,(H,22,23,25). The fourth-order valence-corrected chi connectivity index (χ4v) is 3.78. The van der Waals surface area contributed by atoms with E-state index < -0.39 is 11.6 Å².